The second-order valence-electron chi connectivity index (χ2n) is 8.12. The fraction of sp³-hybridized carbons (Fsp3) is 0.364. The molecule has 2 amide bonds. The predicted molar refractivity (Wildman–Crippen MR) is 123 cm³/mol. The van der Waals surface area contributed by atoms with Crippen LogP contribution in [0.1, 0.15) is 42.3 Å². The van der Waals surface area contributed by atoms with E-state index in [0.717, 1.165) is 0 Å². The van der Waals surface area contributed by atoms with Gasteiger partial charge in [-0.15, -0.1) is 0 Å². The van der Waals surface area contributed by atoms with Gasteiger partial charge < -0.3 is 14.8 Å². The summed E-state index contributed by atoms with van der Waals surface area (Å²) in [5.74, 6) is -0.128. The SMILES string of the molecule is CNS(=O)(=O)c1cc(C(=O)Nc2ccc(OC)c(NC(=O)OC(C)(C)C)c2)cc(C)c1C. The summed E-state index contributed by atoms with van der Waals surface area (Å²) in [6.45, 7) is 8.64. The molecule has 0 radical (unpaired) electrons. The molecule has 0 saturated carbocycles. The molecule has 0 bridgehead atoms. The van der Waals surface area contributed by atoms with Gasteiger partial charge in [0.05, 0.1) is 17.7 Å². The van der Waals surface area contributed by atoms with Crippen LogP contribution in [0.3, 0.4) is 0 Å². The van der Waals surface area contributed by atoms with Crippen molar-refractivity contribution in [3.8, 4) is 5.75 Å². The predicted octanol–water partition coefficient (Wildman–Crippen LogP) is 3.82. The average molecular weight is 464 g/mol. The highest BCUT2D eigenvalue weighted by atomic mass is 32.2. The second-order valence-corrected chi connectivity index (χ2v) is 9.97. The van der Waals surface area contributed by atoms with Crippen LogP contribution >= 0.6 is 0 Å². The topological polar surface area (TPSA) is 123 Å². The maximum Gasteiger partial charge on any atom is 0.412 e. The van der Waals surface area contributed by atoms with Crippen LogP contribution in [0, 0.1) is 13.8 Å². The molecule has 2 rings (SSSR count). The number of sulfonamides is 1. The van der Waals surface area contributed by atoms with Crippen molar-refractivity contribution in [2.24, 2.45) is 0 Å². The second kappa shape index (κ2) is 9.58. The zero-order chi connectivity index (χ0) is 24.3. The fourth-order valence-corrected chi connectivity index (χ4v) is 3.91. The van der Waals surface area contributed by atoms with Gasteiger partial charge in [-0.1, -0.05) is 0 Å². The summed E-state index contributed by atoms with van der Waals surface area (Å²) in [6, 6.07) is 7.64. The first-order chi connectivity index (χ1) is 14.8. The Hall–Kier alpha value is -3.11. The molecule has 10 heteroatoms. The molecule has 0 spiro atoms. The Morgan fingerprint density at radius 1 is 1.00 bits per heavy atom. The lowest BCUT2D eigenvalue weighted by Crippen LogP contribution is -2.27. The number of rotatable bonds is 6. The summed E-state index contributed by atoms with van der Waals surface area (Å²) in [5, 5.41) is 5.31. The number of methoxy groups -OCH3 is 1. The van der Waals surface area contributed by atoms with E-state index in [1.165, 1.54) is 26.3 Å². The van der Waals surface area contributed by atoms with E-state index in [-0.39, 0.29) is 10.5 Å². The molecule has 0 aromatic heterocycles. The van der Waals surface area contributed by atoms with Crippen molar-refractivity contribution in [1.82, 2.24) is 4.72 Å². The van der Waals surface area contributed by atoms with Crippen LogP contribution in [0.15, 0.2) is 35.2 Å². The molecule has 3 N–H and O–H groups in total. The third-order valence-electron chi connectivity index (χ3n) is 4.53. The zero-order valence-electron chi connectivity index (χ0n) is 19.2. The highest BCUT2D eigenvalue weighted by molar-refractivity contribution is 7.89. The molecule has 0 aliphatic carbocycles. The molecule has 0 aliphatic heterocycles. The number of benzene rings is 2. The smallest absolute Gasteiger partial charge is 0.412 e. The van der Waals surface area contributed by atoms with Crippen LogP contribution in [0.2, 0.25) is 0 Å². The third-order valence-corrected chi connectivity index (χ3v) is 6.07. The lowest BCUT2D eigenvalue weighted by molar-refractivity contribution is 0.0635. The summed E-state index contributed by atoms with van der Waals surface area (Å²) in [7, 11) is -0.968. The number of ether oxygens (including phenoxy) is 2. The first-order valence-electron chi connectivity index (χ1n) is 9.81. The molecule has 0 saturated heterocycles. The standard InChI is InChI=1S/C22H29N3O6S/c1-13-10-15(11-19(14(13)2)32(28,29)23-6)20(26)24-16-8-9-18(30-7)17(12-16)25-21(27)31-22(3,4)5/h8-12,23H,1-7H3,(H,24,26)(H,25,27). The van der Waals surface area contributed by atoms with E-state index in [2.05, 4.69) is 15.4 Å². The van der Waals surface area contributed by atoms with Gasteiger partial charge in [0.25, 0.3) is 5.91 Å². The van der Waals surface area contributed by atoms with Crippen LogP contribution in [-0.4, -0.2) is 40.2 Å². The zero-order valence-corrected chi connectivity index (χ0v) is 20.1. The van der Waals surface area contributed by atoms with Crippen LogP contribution < -0.4 is 20.1 Å². The number of carbonyl (C=O) groups excluding carboxylic acids is 2. The summed E-state index contributed by atoms with van der Waals surface area (Å²) in [4.78, 5) is 25.0. The quantitative estimate of drug-likeness (QED) is 0.599. The van der Waals surface area contributed by atoms with Crippen molar-refractivity contribution >= 4 is 33.4 Å². The van der Waals surface area contributed by atoms with E-state index in [1.807, 2.05) is 0 Å². The first-order valence-corrected chi connectivity index (χ1v) is 11.3. The number of carbonyl (C=O) groups is 2. The largest absolute Gasteiger partial charge is 0.495 e. The number of hydrogen-bond acceptors (Lipinski definition) is 6. The number of aryl methyl sites for hydroxylation is 1. The molecule has 0 heterocycles. The Morgan fingerprint density at radius 3 is 2.22 bits per heavy atom. The molecule has 0 unspecified atom stereocenters. The van der Waals surface area contributed by atoms with Crippen molar-refractivity contribution in [1.29, 1.82) is 0 Å². The van der Waals surface area contributed by atoms with Crippen molar-refractivity contribution < 1.29 is 27.5 Å². The average Bonchev–Trinajstić information content (AvgIpc) is 2.68. The number of nitrogens with one attached hydrogen (secondary N) is 3. The highest BCUT2D eigenvalue weighted by Gasteiger charge is 2.21. The normalized spacial score (nSPS) is 11.6. The molecule has 174 valence electrons. The molecule has 2 aromatic rings. The van der Waals surface area contributed by atoms with E-state index in [9.17, 15) is 18.0 Å². The van der Waals surface area contributed by atoms with Gasteiger partial charge in [-0.3, -0.25) is 10.1 Å². The van der Waals surface area contributed by atoms with Gasteiger partial charge in [-0.05, 0) is 83.1 Å². The minimum absolute atomic E-state index is 0.0344. The molecule has 0 fully saturated rings. The van der Waals surface area contributed by atoms with E-state index >= 15 is 0 Å². The molecule has 9 nitrogen and oxygen atoms in total. The summed E-state index contributed by atoms with van der Waals surface area (Å²) >= 11 is 0. The van der Waals surface area contributed by atoms with Gasteiger partial charge in [0, 0.05) is 11.3 Å². The molecule has 32 heavy (non-hydrogen) atoms. The van der Waals surface area contributed by atoms with Crippen LogP contribution in [0.25, 0.3) is 0 Å². The van der Waals surface area contributed by atoms with Gasteiger partial charge >= 0.3 is 6.09 Å². The molecule has 0 aliphatic rings. The van der Waals surface area contributed by atoms with Gasteiger partial charge in [0.1, 0.15) is 11.4 Å². The van der Waals surface area contributed by atoms with E-state index in [4.69, 9.17) is 9.47 Å². The van der Waals surface area contributed by atoms with Crippen LogP contribution in [-0.2, 0) is 14.8 Å². The Kier molecular flexibility index (Phi) is 7.53. The van der Waals surface area contributed by atoms with E-state index < -0.39 is 27.6 Å². The number of anilines is 2. The minimum atomic E-state index is -3.73. The Labute approximate surface area is 188 Å². The Balaban J connectivity index is 2.33. The summed E-state index contributed by atoms with van der Waals surface area (Å²) in [5.41, 5.74) is 1.39. The van der Waals surface area contributed by atoms with Crippen molar-refractivity contribution in [2.75, 3.05) is 24.8 Å². The lowest BCUT2D eigenvalue weighted by atomic mass is 10.1. The first kappa shape index (κ1) is 25.2. The van der Waals surface area contributed by atoms with Gasteiger partial charge in [0.15, 0.2) is 0 Å². The Bertz CT molecular complexity index is 1140. The minimum Gasteiger partial charge on any atom is -0.495 e. The molecular formula is C22H29N3O6S. The maximum atomic E-state index is 12.9. The maximum absolute atomic E-state index is 12.9. The van der Waals surface area contributed by atoms with E-state index in [1.54, 1.807) is 52.8 Å². The van der Waals surface area contributed by atoms with Crippen molar-refractivity contribution in [3.05, 3.63) is 47.0 Å². The third kappa shape index (κ3) is 6.21. The number of amides is 2. The molecule has 0 atom stereocenters. The van der Waals surface area contributed by atoms with Gasteiger partial charge in [-0.25, -0.2) is 17.9 Å². The summed E-state index contributed by atoms with van der Waals surface area (Å²) < 4.78 is 37.4. The Morgan fingerprint density at radius 2 is 1.66 bits per heavy atom. The fourth-order valence-electron chi connectivity index (χ4n) is 2.85. The molecular weight excluding hydrogens is 434 g/mol. The lowest BCUT2D eigenvalue weighted by Gasteiger charge is -2.20. The van der Waals surface area contributed by atoms with Crippen LogP contribution in [0.4, 0.5) is 16.2 Å². The van der Waals surface area contributed by atoms with E-state index in [0.29, 0.717) is 28.3 Å². The van der Waals surface area contributed by atoms with Gasteiger partial charge in [-0.2, -0.15) is 0 Å². The van der Waals surface area contributed by atoms with Crippen molar-refractivity contribution in [3.63, 3.8) is 0 Å². The summed E-state index contributed by atoms with van der Waals surface area (Å²) in [6.07, 6.45) is -0.671. The highest BCUT2D eigenvalue weighted by Crippen LogP contribution is 2.29. The molecule has 2 aromatic carbocycles. The van der Waals surface area contributed by atoms with Crippen molar-refractivity contribution in [2.45, 2.75) is 45.1 Å². The van der Waals surface area contributed by atoms with Gasteiger partial charge in [0.2, 0.25) is 10.0 Å². The monoisotopic (exact) mass is 463 g/mol. The van der Waals surface area contributed by atoms with Crippen LogP contribution in [0.5, 0.6) is 5.75 Å². The number of hydrogen-bond donors (Lipinski definition) is 3.